The monoisotopic (exact) mass is 214 g/mol. The Morgan fingerprint density at radius 1 is 1.46 bits per heavy atom. The topological polar surface area (TPSA) is 0 Å². The number of hydrogen-bond donors (Lipinski definition) is 0. The van der Waals surface area contributed by atoms with E-state index in [1.54, 1.807) is 0 Å². The predicted octanol–water partition coefficient (Wildman–Crippen LogP) is 4.53. The zero-order chi connectivity index (χ0) is 10.0. The zero-order valence-corrected chi connectivity index (χ0v) is 10.1. The molecule has 0 nitrogen and oxygen atoms in total. The van der Waals surface area contributed by atoms with Gasteiger partial charge in [0.15, 0.2) is 0 Å². The van der Waals surface area contributed by atoms with Gasteiger partial charge in [0, 0.05) is 14.8 Å². The summed E-state index contributed by atoms with van der Waals surface area (Å²) in [6.45, 7) is 8.44. The molecule has 0 N–H and O–H groups in total. The van der Waals surface area contributed by atoms with Crippen molar-refractivity contribution < 1.29 is 0 Å². The van der Waals surface area contributed by atoms with Gasteiger partial charge >= 0.3 is 0 Å². The van der Waals surface area contributed by atoms with Crippen LogP contribution in [0.25, 0.3) is 6.08 Å². The molecule has 0 radical (unpaired) electrons. The molecule has 0 fully saturated rings. The Hall–Kier alpha value is -0.270. The van der Waals surface area contributed by atoms with Gasteiger partial charge in [0.1, 0.15) is 0 Å². The fraction of sp³-hybridized carbons (Fsp3) is 0.455. The molecular formula is C11H15ClS. The van der Waals surface area contributed by atoms with Crippen molar-refractivity contribution >= 4 is 29.0 Å². The first-order valence-electron chi connectivity index (χ1n) is 4.49. The second-order valence-corrected chi connectivity index (χ2v) is 5.11. The van der Waals surface area contributed by atoms with Crippen LogP contribution in [-0.4, -0.2) is 0 Å². The van der Waals surface area contributed by atoms with Crippen molar-refractivity contribution in [1.29, 1.82) is 0 Å². The van der Waals surface area contributed by atoms with Crippen LogP contribution in [0, 0.1) is 13.8 Å². The quantitative estimate of drug-likeness (QED) is 0.679. The van der Waals surface area contributed by atoms with Crippen molar-refractivity contribution in [3.05, 3.63) is 25.9 Å². The third kappa shape index (κ3) is 2.35. The lowest BCUT2D eigenvalue weighted by atomic mass is 10.1. The van der Waals surface area contributed by atoms with Crippen molar-refractivity contribution in [1.82, 2.24) is 0 Å². The lowest BCUT2D eigenvalue weighted by Gasteiger charge is -1.97. The van der Waals surface area contributed by atoms with E-state index >= 15 is 0 Å². The average molecular weight is 215 g/mol. The minimum absolute atomic E-state index is 0.857. The third-order valence-corrected chi connectivity index (χ3v) is 3.65. The number of aryl methyl sites for hydroxylation is 2. The molecule has 0 amide bonds. The van der Waals surface area contributed by atoms with Gasteiger partial charge < -0.3 is 0 Å². The van der Waals surface area contributed by atoms with Gasteiger partial charge in [-0.15, -0.1) is 11.3 Å². The summed E-state index contributed by atoms with van der Waals surface area (Å²) in [7, 11) is 0. The number of allylic oxidation sites excluding steroid dienone is 1. The highest BCUT2D eigenvalue weighted by Crippen LogP contribution is 2.30. The van der Waals surface area contributed by atoms with E-state index in [4.69, 9.17) is 11.6 Å². The average Bonchev–Trinajstić information content (AvgIpc) is 2.31. The Kier molecular flexibility index (Phi) is 3.57. The molecule has 72 valence electrons. The van der Waals surface area contributed by atoms with E-state index in [1.807, 2.05) is 18.3 Å². The number of halogens is 1. The zero-order valence-electron chi connectivity index (χ0n) is 8.57. The molecular weight excluding hydrogens is 200 g/mol. The maximum absolute atomic E-state index is 5.89. The summed E-state index contributed by atoms with van der Waals surface area (Å²) in [6.07, 6.45) is 3.16. The van der Waals surface area contributed by atoms with Gasteiger partial charge in [-0.05, 0) is 44.4 Å². The standard InChI is InChI=1S/C11H15ClS/c1-5-11-10(6-7(2)12)8(3)9(4)13-11/h6H,5H2,1-4H3/b7-6+. The molecule has 0 aliphatic heterocycles. The summed E-state index contributed by atoms with van der Waals surface area (Å²) >= 11 is 7.77. The molecule has 2 heteroatoms. The van der Waals surface area contributed by atoms with Crippen molar-refractivity contribution in [3.8, 4) is 0 Å². The predicted molar refractivity (Wildman–Crippen MR) is 62.7 cm³/mol. The van der Waals surface area contributed by atoms with Crippen LogP contribution in [0.5, 0.6) is 0 Å². The highest BCUT2D eigenvalue weighted by molar-refractivity contribution is 7.12. The minimum atomic E-state index is 0.857. The normalized spacial score (nSPS) is 12.2. The molecule has 0 aliphatic rings. The van der Waals surface area contributed by atoms with Crippen LogP contribution in [0.2, 0.25) is 0 Å². The molecule has 1 heterocycles. The van der Waals surface area contributed by atoms with E-state index in [9.17, 15) is 0 Å². The molecule has 0 saturated carbocycles. The second kappa shape index (κ2) is 4.30. The molecule has 13 heavy (non-hydrogen) atoms. The van der Waals surface area contributed by atoms with Gasteiger partial charge in [0.2, 0.25) is 0 Å². The number of rotatable bonds is 2. The van der Waals surface area contributed by atoms with Gasteiger partial charge in [-0.25, -0.2) is 0 Å². The first-order chi connectivity index (χ1) is 6.06. The molecule has 1 aromatic rings. The fourth-order valence-electron chi connectivity index (χ4n) is 1.37. The molecule has 0 aliphatic carbocycles. The molecule has 0 bridgehead atoms. The van der Waals surface area contributed by atoms with Crippen LogP contribution in [-0.2, 0) is 6.42 Å². The number of thiophene rings is 1. The van der Waals surface area contributed by atoms with E-state index in [1.165, 1.54) is 20.9 Å². The Morgan fingerprint density at radius 2 is 2.08 bits per heavy atom. The van der Waals surface area contributed by atoms with Gasteiger partial charge in [-0.2, -0.15) is 0 Å². The SMILES string of the molecule is CCc1sc(C)c(C)c1/C=C(\C)Cl. The van der Waals surface area contributed by atoms with Crippen LogP contribution in [0.3, 0.4) is 0 Å². The summed E-state index contributed by atoms with van der Waals surface area (Å²) in [5.41, 5.74) is 2.71. The van der Waals surface area contributed by atoms with Gasteiger partial charge in [0.25, 0.3) is 0 Å². The minimum Gasteiger partial charge on any atom is -0.145 e. The summed E-state index contributed by atoms with van der Waals surface area (Å²) < 4.78 is 0. The van der Waals surface area contributed by atoms with Crippen LogP contribution >= 0.6 is 22.9 Å². The van der Waals surface area contributed by atoms with Crippen LogP contribution < -0.4 is 0 Å². The molecule has 0 atom stereocenters. The van der Waals surface area contributed by atoms with Crippen molar-refractivity contribution in [2.75, 3.05) is 0 Å². The fourth-order valence-corrected chi connectivity index (χ4v) is 2.57. The van der Waals surface area contributed by atoms with Gasteiger partial charge in [0.05, 0.1) is 0 Å². The van der Waals surface area contributed by atoms with Crippen LogP contribution in [0.4, 0.5) is 0 Å². The summed E-state index contributed by atoms with van der Waals surface area (Å²) in [5, 5.41) is 0.857. The first-order valence-corrected chi connectivity index (χ1v) is 5.68. The summed E-state index contributed by atoms with van der Waals surface area (Å²) in [6, 6.07) is 0. The molecule has 1 aromatic heterocycles. The Morgan fingerprint density at radius 3 is 2.54 bits per heavy atom. The van der Waals surface area contributed by atoms with E-state index in [-0.39, 0.29) is 0 Å². The maximum atomic E-state index is 5.89. The van der Waals surface area contributed by atoms with Crippen molar-refractivity contribution in [3.63, 3.8) is 0 Å². The molecule has 0 unspecified atom stereocenters. The Bertz CT molecular complexity index is 330. The lowest BCUT2D eigenvalue weighted by molar-refractivity contribution is 1.17. The molecule has 0 spiro atoms. The Balaban J connectivity index is 3.24. The van der Waals surface area contributed by atoms with Crippen molar-refractivity contribution in [2.45, 2.75) is 34.1 Å². The van der Waals surface area contributed by atoms with E-state index in [0.717, 1.165) is 11.5 Å². The van der Waals surface area contributed by atoms with Crippen LogP contribution in [0.1, 0.15) is 34.7 Å². The van der Waals surface area contributed by atoms with Crippen LogP contribution in [0.15, 0.2) is 5.03 Å². The largest absolute Gasteiger partial charge is 0.145 e. The molecule has 0 saturated heterocycles. The maximum Gasteiger partial charge on any atom is 0.0156 e. The van der Waals surface area contributed by atoms with E-state index < -0.39 is 0 Å². The molecule has 0 aromatic carbocycles. The summed E-state index contributed by atoms with van der Waals surface area (Å²) in [4.78, 5) is 2.84. The van der Waals surface area contributed by atoms with E-state index in [2.05, 4.69) is 26.8 Å². The Labute approximate surface area is 89.2 Å². The first kappa shape index (κ1) is 10.8. The third-order valence-electron chi connectivity index (χ3n) is 2.17. The van der Waals surface area contributed by atoms with Gasteiger partial charge in [-0.1, -0.05) is 18.5 Å². The summed E-state index contributed by atoms with van der Waals surface area (Å²) in [5.74, 6) is 0. The smallest absolute Gasteiger partial charge is 0.0156 e. The second-order valence-electron chi connectivity index (χ2n) is 3.20. The highest BCUT2D eigenvalue weighted by atomic mass is 35.5. The van der Waals surface area contributed by atoms with Crippen molar-refractivity contribution in [2.24, 2.45) is 0 Å². The number of hydrogen-bond acceptors (Lipinski definition) is 1. The van der Waals surface area contributed by atoms with E-state index in [0.29, 0.717) is 0 Å². The molecule has 1 rings (SSSR count). The highest BCUT2D eigenvalue weighted by Gasteiger charge is 2.08. The lowest BCUT2D eigenvalue weighted by Crippen LogP contribution is -1.81. The van der Waals surface area contributed by atoms with Gasteiger partial charge in [-0.3, -0.25) is 0 Å².